The maximum Gasteiger partial charge on any atom is 0.309 e. The van der Waals surface area contributed by atoms with Crippen LogP contribution in [-0.2, 0) is 9.53 Å². The molecule has 0 rings (SSSR count). The number of ether oxygens (including phenoxy) is 1. The first-order valence-corrected chi connectivity index (χ1v) is 5.01. The molecule has 0 aromatic rings. The number of esters is 1. The van der Waals surface area contributed by atoms with Crippen molar-refractivity contribution >= 4 is 40.8 Å². The SMILES string of the molecule is CC(C)C(=O)OC(C)(C)C(Cl)(Cl)Cl. The highest BCUT2D eigenvalue weighted by Gasteiger charge is 2.44. The van der Waals surface area contributed by atoms with Gasteiger partial charge >= 0.3 is 5.97 Å². The van der Waals surface area contributed by atoms with E-state index in [0.29, 0.717) is 0 Å². The van der Waals surface area contributed by atoms with Crippen molar-refractivity contribution in [2.45, 2.75) is 37.1 Å². The summed E-state index contributed by atoms with van der Waals surface area (Å²) < 4.78 is 3.42. The standard InChI is InChI=1S/C8H13Cl3O2/c1-5(2)6(12)13-7(3,4)8(9,10)11/h5H,1-4H3. The first-order valence-electron chi connectivity index (χ1n) is 3.87. The molecular weight excluding hydrogens is 234 g/mol. The van der Waals surface area contributed by atoms with E-state index in [1.54, 1.807) is 27.7 Å². The van der Waals surface area contributed by atoms with E-state index in [1.165, 1.54) is 0 Å². The molecular formula is C8H13Cl3O2. The molecule has 13 heavy (non-hydrogen) atoms. The molecule has 5 heteroatoms. The zero-order valence-electron chi connectivity index (χ0n) is 8.03. The van der Waals surface area contributed by atoms with E-state index in [0.717, 1.165) is 0 Å². The molecule has 0 aliphatic carbocycles. The van der Waals surface area contributed by atoms with Gasteiger partial charge in [-0.25, -0.2) is 0 Å². The van der Waals surface area contributed by atoms with E-state index in [2.05, 4.69) is 0 Å². The highest BCUT2D eigenvalue weighted by Crippen LogP contribution is 2.40. The molecule has 0 amide bonds. The Balaban J connectivity index is 4.44. The van der Waals surface area contributed by atoms with Crippen LogP contribution in [0.3, 0.4) is 0 Å². The molecule has 0 saturated heterocycles. The zero-order valence-corrected chi connectivity index (χ0v) is 10.3. The summed E-state index contributed by atoms with van der Waals surface area (Å²) in [5.74, 6) is -0.608. The monoisotopic (exact) mass is 246 g/mol. The topological polar surface area (TPSA) is 26.3 Å². The summed E-state index contributed by atoms with van der Waals surface area (Å²) in [6.07, 6.45) is 0. The Labute approximate surface area is 93.5 Å². The van der Waals surface area contributed by atoms with Crippen LogP contribution < -0.4 is 0 Å². The Morgan fingerprint density at radius 1 is 1.23 bits per heavy atom. The lowest BCUT2D eigenvalue weighted by atomic mass is 10.1. The maximum atomic E-state index is 11.2. The van der Waals surface area contributed by atoms with E-state index in [1.807, 2.05) is 0 Å². The Kier molecular flexibility index (Phi) is 4.35. The smallest absolute Gasteiger partial charge is 0.309 e. The molecule has 0 spiro atoms. The fraction of sp³-hybridized carbons (Fsp3) is 0.875. The molecule has 78 valence electrons. The maximum absolute atomic E-state index is 11.2. The van der Waals surface area contributed by atoms with E-state index in [4.69, 9.17) is 39.5 Å². The van der Waals surface area contributed by atoms with Crippen molar-refractivity contribution in [2.75, 3.05) is 0 Å². The number of carbonyl (C=O) groups is 1. The van der Waals surface area contributed by atoms with Gasteiger partial charge in [-0.1, -0.05) is 48.7 Å². The minimum absolute atomic E-state index is 0.230. The lowest BCUT2D eigenvalue weighted by Gasteiger charge is -2.32. The fourth-order valence-electron chi connectivity index (χ4n) is 0.427. The number of rotatable bonds is 2. The molecule has 0 bridgehead atoms. The third-order valence-corrected chi connectivity index (χ3v) is 2.88. The summed E-state index contributed by atoms with van der Waals surface area (Å²) in [5.41, 5.74) is -1.11. The normalized spacial score (nSPS) is 13.2. The van der Waals surface area contributed by atoms with Crippen LogP contribution in [0, 0.1) is 5.92 Å². The van der Waals surface area contributed by atoms with Gasteiger partial charge in [-0.3, -0.25) is 4.79 Å². The van der Waals surface area contributed by atoms with Crippen LogP contribution in [-0.4, -0.2) is 15.4 Å². The van der Waals surface area contributed by atoms with E-state index in [9.17, 15) is 4.79 Å². The quantitative estimate of drug-likeness (QED) is 0.553. The average molecular weight is 248 g/mol. The molecule has 0 heterocycles. The summed E-state index contributed by atoms with van der Waals surface area (Å²) >= 11 is 16.9. The highest BCUT2D eigenvalue weighted by atomic mass is 35.6. The van der Waals surface area contributed by atoms with Crippen LogP contribution in [0.5, 0.6) is 0 Å². The van der Waals surface area contributed by atoms with Crippen molar-refractivity contribution < 1.29 is 9.53 Å². The third-order valence-electron chi connectivity index (χ3n) is 1.51. The van der Waals surface area contributed by atoms with Gasteiger partial charge in [0.25, 0.3) is 0 Å². The lowest BCUT2D eigenvalue weighted by Crippen LogP contribution is -2.42. The van der Waals surface area contributed by atoms with Crippen molar-refractivity contribution in [3.8, 4) is 0 Å². The summed E-state index contributed by atoms with van der Waals surface area (Å²) in [5, 5.41) is 0. The van der Waals surface area contributed by atoms with E-state index in [-0.39, 0.29) is 11.9 Å². The Hall–Kier alpha value is 0.340. The molecule has 0 aromatic carbocycles. The number of halogens is 3. The van der Waals surface area contributed by atoms with E-state index < -0.39 is 9.39 Å². The Bertz CT molecular complexity index is 194. The molecule has 0 atom stereocenters. The molecule has 0 radical (unpaired) electrons. The highest BCUT2D eigenvalue weighted by molar-refractivity contribution is 6.68. The molecule has 0 saturated carbocycles. The molecule has 0 aliphatic rings. The largest absolute Gasteiger partial charge is 0.455 e. The molecule has 0 aliphatic heterocycles. The second-order valence-corrected chi connectivity index (χ2v) is 5.87. The van der Waals surface area contributed by atoms with E-state index >= 15 is 0 Å². The summed E-state index contributed by atoms with van der Waals surface area (Å²) in [4.78, 5) is 11.2. The zero-order chi connectivity index (χ0) is 10.9. The summed E-state index contributed by atoms with van der Waals surface area (Å²) in [6, 6.07) is 0. The number of alkyl halides is 3. The van der Waals surface area contributed by atoms with Crippen LogP contribution in [0.1, 0.15) is 27.7 Å². The number of carbonyl (C=O) groups excluding carboxylic acids is 1. The second kappa shape index (κ2) is 4.24. The summed E-state index contributed by atoms with van der Waals surface area (Å²) in [6.45, 7) is 6.55. The van der Waals surface area contributed by atoms with Crippen LogP contribution in [0.2, 0.25) is 0 Å². The van der Waals surface area contributed by atoms with Gasteiger partial charge in [0.2, 0.25) is 3.79 Å². The van der Waals surface area contributed by atoms with Gasteiger partial charge < -0.3 is 4.74 Å². The van der Waals surface area contributed by atoms with Crippen LogP contribution in [0.15, 0.2) is 0 Å². The van der Waals surface area contributed by atoms with Gasteiger partial charge in [0.05, 0.1) is 5.92 Å². The summed E-state index contributed by atoms with van der Waals surface area (Å²) in [7, 11) is 0. The van der Waals surface area contributed by atoms with Crippen LogP contribution >= 0.6 is 34.8 Å². The number of hydrogen-bond acceptors (Lipinski definition) is 2. The van der Waals surface area contributed by atoms with Crippen molar-refractivity contribution in [3.63, 3.8) is 0 Å². The van der Waals surface area contributed by atoms with Crippen molar-refractivity contribution in [2.24, 2.45) is 5.92 Å². The van der Waals surface area contributed by atoms with Gasteiger partial charge in [0.1, 0.15) is 0 Å². The minimum Gasteiger partial charge on any atom is -0.455 e. The Morgan fingerprint density at radius 3 is 1.85 bits per heavy atom. The van der Waals surface area contributed by atoms with Crippen molar-refractivity contribution in [1.29, 1.82) is 0 Å². The predicted molar refractivity (Wildman–Crippen MR) is 55.3 cm³/mol. The third kappa shape index (κ3) is 3.92. The number of hydrogen-bond donors (Lipinski definition) is 0. The molecule has 0 aromatic heterocycles. The van der Waals surface area contributed by atoms with Gasteiger partial charge in [-0.15, -0.1) is 0 Å². The lowest BCUT2D eigenvalue weighted by molar-refractivity contribution is -0.159. The minimum atomic E-state index is -1.61. The first-order chi connectivity index (χ1) is 5.58. The van der Waals surface area contributed by atoms with Crippen LogP contribution in [0.25, 0.3) is 0 Å². The second-order valence-electron chi connectivity index (χ2n) is 3.58. The predicted octanol–water partition coefficient (Wildman–Crippen LogP) is 3.33. The van der Waals surface area contributed by atoms with Gasteiger partial charge in [0, 0.05) is 0 Å². The fourth-order valence-corrected chi connectivity index (χ4v) is 0.543. The molecule has 0 fully saturated rings. The Morgan fingerprint density at radius 2 is 1.62 bits per heavy atom. The van der Waals surface area contributed by atoms with Gasteiger partial charge in [-0.2, -0.15) is 0 Å². The first kappa shape index (κ1) is 13.3. The molecule has 2 nitrogen and oxygen atoms in total. The molecule has 0 N–H and O–H groups in total. The van der Waals surface area contributed by atoms with Gasteiger partial charge in [0.15, 0.2) is 5.60 Å². The van der Waals surface area contributed by atoms with Crippen LogP contribution in [0.4, 0.5) is 0 Å². The average Bonchev–Trinajstić information content (AvgIpc) is 1.83. The van der Waals surface area contributed by atoms with Crippen molar-refractivity contribution in [1.82, 2.24) is 0 Å². The van der Waals surface area contributed by atoms with Crippen molar-refractivity contribution in [3.05, 3.63) is 0 Å². The van der Waals surface area contributed by atoms with Gasteiger partial charge in [-0.05, 0) is 13.8 Å². The molecule has 0 unspecified atom stereocenters.